The van der Waals surface area contributed by atoms with Crippen LogP contribution in [0.5, 0.6) is 0 Å². The van der Waals surface area contributed by atoms with Crippen LogP contribution in [0.2, 0.25) is 5.02 Å². The lowest BCUT2D eigenvalue weighted by molar-refractivity contribution is 0.363. The van der Waals surface area contributed by atoms with Gasteiger partial charge in [0.25, 0.3) is 0 Å². The predicted molar refractivity (Wildman–Crippen MR) is 108 cm³/mol. The summed E-state index contributed by atoms with van der Waals surface area (Å²) in [5.74, 6) is 0. The van der Waals surface area contributed by atoms with Crippen molar-refractivity contribution in [1.82, 2.24) is 15.2 Å². The van der Waals surface area contributed by atoms with E-state index in [0.717, 1.165) is 22.5 Å². The number of nitrogens with one attached hydrogen (secondary N) is 1. The Hall–Kier alpha value is -2.77. The van der Waals surface area contributed by atoms with E-state index in [-0.39, 0.29) is 0 Å². The third-order valence-corrected chi connectivity index (χ3v) is 4.96. The molecule has 27 heavy (non-hydrogen) atoms. The highest BCUT2D eigenvalue weighted by Crippen LogP contribution is 2.34. The van der Waals surface area contributed by atoms with Crippen molar-refractivity contribution in [3.05, 3.63) is 81.7 Å². The molecule has 0 spiro atoms. The highest BCUT2D eigenvalue weighted by Gasteiger charge is 2.40. The van der Waals surface area contributed by atoms with Crippen LogP contribution in [0, 0.1) is 11.7 Å². The average Bonchev–Trinajstić information content (AvgIpc) is 3.04. The molecule has 0 saturated carbocycles. The van der Waals surface area contributed by atoms with Gasteiger partial charge in [-0.15, -0.1) is 5.11 Å². The zero-order chi connectivity index (χ0) is 19.0. The van der Waals surface area contributed by atoms with E-state index in [9.17, 15) is 0 Å². The van der Waals surface area contributed by atoms with Gasteiger partial charge in [0.15, 0.2) is 0 Å². The molecule has 8 heteroatoms. The molecule has 1 atom stereocenters. The Bertz CT molecular complexity index is 1080. The van der Waals surface area contributed by atoms with E-state index in [4.69, 9.17) is 23.8 Å². The summed E-state index contributed by atoms with van der Waals surface area (Å²) in [5, 5.41) is 10.9. The molecule has 0 radical (unpaired) electrons. The number of nitrogens with zero attached hydrogens (tertiary/aromatic N) is 5. The summed E-state index contributed by atoms with van der Waals surface area (Å²) in [4.78, 5) is 4.47. The van der Waals surface area contributed by atoms with Crippen molar-refractivity contribution in [3.63, 3.8) is 0 Å². The van der Waals surface area contributed by atoms with Crippen LogP contribution in [-0.2, 0) is 5.66 Å². The topological polar surface area (TPSA) is 57.8 Å². The van der Waals surface area contributed by atoms with Gasteiger partial charge in [-0.25, -0.2) is 9.66 Å². The van der Waals surface area contributed by atoms with E-state index in [0.29, 0.717) is 9.79 Å². The van der Waals surface area contributed by atoms with E-state index in [2.05, 4.69) is 20.9 Å². The molecule has 2 aromatic carbocycles. The van der Waals surface area contributed by atoms with Crippen LogP contribution in [0.1, 0.15) is 18.2 Å². The number of hydrogen-bond donors (Lipinski definition) is 1. The molecule has 6 nitrogen and oxygen atoms in total. The Morgan fingerprint density at radius 1 is 1.07 bits per heavy atom. The molecule has 0 fully saturated rings. The Morgan fingerprint density at radius 2 is 1.85 bits per heavy atom. The summed E-state index contributed by atoms with van der Waals surface area (Å²) < 4.78 is 2.22. The Balaban J connectivity index is 1.92. The number of hydrogen-bond acceptors (Lipinski definition) is 6. The normalized spacial score (nSPS) is 18.6. The minimum Gasteiger partial charge on any atom is -0.224 e. The number of hydrazine groups is 1. The van der Waals surface area contributed by atoms with Gasteiger partial charge in [0, 0.05) is 21.8 Å². The number of rotatable bonds is 3. The minimum absolute atomic E-state index is 0.405. The van der Waals surface area contributed by atoms with E-state index < -0.39 is 5.66 Å². The molecule has 1 aromatic heterocycles. The fraction of sp³-hybridized carbons (Fsp3) is 0.158. The number of halogens is 1. The zero-order valence-corrected chi connectivity index (χ0v) is 16.4. The van der Waals surface area contributed by atoms with Crippen molar-refractivity contribution in [2.75, 3.05) is 5.12 Å². The van der Waals surface area contributed by atoms with Gasteiger partial charge in [-0.3, -0.25) is 0 Å². The van der Waals surface area contributed by atoms with E-state index in [1.165, 1.54) is 0 Å². The van der Waals surface area contributed by atoms with Crippen LogP contribution in [0.25, 0.3) is 11.3 Å². The maximum absolute atomic E-state index is 6.21. The molecule has 3 aromatic rings. The van der Waals surface area contributed by atoms with Crippen LogP contribution >= 0.6 is 23.8 Å². The first-order valence-corrected chi connectivity index (χ1v) is 9.18. The Morgan fingerprint density at radius 3 is 2.59 bits per heavy atom. The van der Waals surface area contributed by atoms with Gasteiger partial charge in [0.05, 0.1) is 5.69 Å². The van der Waals surface area contributed by atoms with Gasteiger partial charge in [-0.1, -0.05) is 59.3 Å². The summed E-state index contributed by atoms with van der Waals surface area (Å²) in [6.07, 6.45) is 0. The molecule has 2 heterocycles. The fourth-order valence-electron chi connectivity index (χ4n) is 3.10. The van der Waals surface area contributed by atoms with Crippen LogP contribution < -0.4 is 10.7 Å². The number of aromatic nitrogens is 2. The molecule has 136 valence electrons. The summed E-state index contributed by atoms with van der Waals surface area (Å²) in [5.41, 5.74) is 5.73. The first-order chi connectivity index (χ1) is 13.0. The summed E-state index contributed by atoms with van der Waals surface area (Å²) >= 11 is 11.8. The maximum atomic E-state index is 6.21. The highest BCUT2D eigenvalue weighted by molar-refractivity contribution is 7.71. The number of benzene rings is 2. The van der Waals surface area contributed by atoms with Crippen LogP contribution in [0.3, 0.4) is 0 Å². The van der Waals surface area contributed by atoms with Crippen molar-refractivity contribution in [2.24, 2.45) is 10.3 Å². The van der Waals surface area contributed by atoms with E-state index >= 15 is 0 Å². The second-order valence-electron chi connectivity index (χ2n) is 6.39. The maximum Gasteiger partial charge on any atom is 0.220 e. The molecule has 1 aliphatic heterocycles. The lowest BCUT2D eigenvalue weighted by Crippen LogP contribution is -2.53. The lowest BCUT2D eigenvalue weighted by atomic mass is 10.0. The third kappa shape index (κ3) is 3.09. The molecule has 1 N–H and O–H groups in total. The van der Waals surface area contributed by atoms with Gasteiger partial charge in [0.1, 0.15) is 0 Å². The quantitative estimate of drug-likeness (QED) is 0.637. The average molecular weight is 397 g/mol. The van der Waals surface area contributed by atoms with Gasteiger partial charge < -0.3 is 0 Å². The molecular formula is C19H17ClN6S. The zero-order valence-electron chi connectivity index (χ0n) is 14.8. The van der Waals surface area contributed by atoms with Crippen molar-refractivity contribution in [2.45, 2.75) is 19.5 Å². The van der Waals surface area contributed by atoms with Gasteiger partial charge in [-0.2, -0.15) is 10.7 Å². The third-order valence-electron chi connectivity index (χ3n) is 4.46. The molecule has 1 unspecified atom stereocenters. The van der Waals surface area contributed by atoms with Crippen molar-refractivity contribution in [1.29, 1.82) is 0 Å². The summed E-state index contributed by atoms with van der Waals surface area (Å²) in [6, 6.07) is 19.5. The van der Waals surface area contributed by atoms with Crippen molar-refractivity contribution in [3.8, 4) is 11.3 Å². The van der Waals surface area contributed by atoms with Crippen molar-refractivity contribution < 1.29 is 0 Å². The number of aryl methyl sites for hydroxylation is 1. The van der Waals surface area contributed by atoms with Gasteiger partial charge in [-0.05, 0) is 44.3 Å². The molecule has 0 saturated heterocycles. The minimum atomic E-state index is -0.844. The summed E-state index contributed by atoms with van der Waals surface area (Å²) in [6.45, 7) is 3.87. The van der Waals surface area contributed by atoms with Crippen molar-refractivity contribution >= 4 is 23.8 Å². The first kappa shape index (κ1) is 17.6. The second-order valence-corrected chi connectivity index (χ2v) is 7.19. The Kier molecular flexibility index (Phi) is 4.41. The molecule has 4 rings (SSSR count). The van der Waals surface area contributed by atoms with Crippen LogP contribution in [0.4, 0.5) is 0 Å². The SMILES string of the molecule is Cc1cc(-c2ccccc2)n(N2NN=NC2(C)c2cccc(Cl)c2)c(=S)n1. The molecule has 0 amide bonds. The van der Waals surface area contributed by atoms with E-state index in [1.807, 2.05) is 79.2 Å². The smallest absolute Gasteiger partial charge is 0.220 e. The standard InChI is InChI=1S/C19H17ClN6S/c1-13-11-17(14-7-4-3-5-8-14)25(18(27)21-13)26-19(2,22-23-24-26)15-9-6-10-16(20)12-15/h3-12H,1-2H3,(H,22,24). The molecular weight excluding hydrogens is 380 g/mol. The van der Waals surface area contributed by atoms with Crippen LogP contribution in [0.15, 0.2) is 71.0 Å². The second kappa shape index (κ2) is 6.75. The van der Waals surface area contributed by atoms with Gasteiger partial charge in [0.2, 0.25) is 10.4 Å². The lowest BCUT2D eigenvalue weighted by Gasteiger charge is -2.34. The molecule has 0 aliphatic carbocycles. The van der Waals surface area contributed by atoms with E-state index in [1.54, 1.807) is 5.12 Å². The fourth-order valence-corrected chi connectivity index (χ4v) is 3.62. The summed E-state index contributed by atoms with van der Waals surface area (Å²) in [7, 11) is 0. The van der Waals surface area contributed by atoms with Crippen LogP contribution in [-0.4, -0.2) is 9.66 Å². The molecule has 0 bridgehead atoms. The largest absolute Gasteiger partial charge is 0.224 e. The van der Waals surface area contributed by atoms with Gasteiger partial charge >= 0.3 is 0 Å². The highest BCUT2D eigenvalue weighted by atomic mass is 35.5. The monoisotopic (exact) mass is 396 g/mol. The predicted octanol–water partition coefficient (Wildman–Crippen LogP) is 4.94. The first-order valence-electron chi connectivity index (χ1n) is 8.39. The molecule has 1 aliphatic rings. The Labute approximate surface area is 167 Å².